The second-order valence-corrected chi connectivity index (χ2v) is 7.90. The molecule has 1 aromatic rings. The molecule has 0 radical (unpaired) electrons. The van der Waals surface area contributed by atoms with Crippen molar-refractivity contribution in [3.63, 3.8) is 0 Å². The second kappa shape index (κ2) is 5.22. The van der Waals surface area contributed by atoms with Crippen molar-refractivity contribution in [3.05, 3.63) is 29.7 Å². The number of hydrogen-bond donors (Lipinski definition) is 0. The lowest BCUT2D eigenvalue weighted by Crippen LogP contribution is -2.45. The third kappa shape index (κ3) is 2.99. The smallest absolute Gasteiger partial charge is 0.206 e. The van der Waals surface area contributed by atoms with E-state index in [-0.39, 0.29) is 10.8 Å². The van der Waals surface area contributed by atoms with Gasteiger partial charge in [0.15, 0.2) is 0 Å². The van der Waals surface area contributed by atoms with E-state index < -0.39 is 15.6 Å². The molecule has 0 aliphatic rings. The summed E-state index contributed by atoms with van der Waals surface area (Å²) in [7, 11) is -3.58. The van der Waals surface area contributed by atoms with Gasteiger partial charge in [-0.25, -0.2) is 8.42 Å². The van der Waals surface area contributed by atoms with Gasteiger partial charge >= 0.3 is 0 Å². The molecule has 0 spiro atoms. The molecule has 0 unspecified atom stereocenters. The lowest BCUT2D eigenvalue weighted by molar-refractivity contribution is 0.270. The molecular weight excluding hydrogens is 268 g/mol. The van der Waals surface area contributed by atoms with E-state index in [2.05, 4.69) is 6.58 Å². The molecule has 18 heavy (non-hydrogen) atoms. The van der Waals surface area contributed by atoms with Gasteiger partial charge in [-0.1, -0.05) is 6.08 Å². The van der Waals surface area contributed by atoms with E-state index in [0.29, 0.717) is 4.88 Å². The minimum atomic E-state index is -3.58. The van der Waals surface area contributed by atoms with Gasteiger partial charge in [0.1, 0.15) is 15.2 Å². The molecule has 0 bridgehead atoms. The highest BCUT2D eigenvalue weighted by atomic mass is 32.2. The summed E-state index contributed by atoms with van der Waals surface area (Å²) in [4.78, 5) is 0.390. The Hall–Kier alpha value is -1.16. The monoisotopic (exact) mass is 284 g/mol. The molecule has 98 valence electrons. The summed E-state index contributed by atoms with van der Waals surface area (Å²) >= 11 is 0.985. The van der Waals surface area contributed by atoms with E-state index in [1.807, 2.05) is 26.8 Å². The van der Waals surface area contributed by atoms with Gasteiger partial charge in [-0.15, -0.1) is 17.9 Å². The van der Waals surface area contributed by atoms with Crippen molar-refractivity contribution in [1.29, 1.82) is 5.26 Å². The summed E-state index contributed by atoms with van der Waals surface area (Å²) in [5.41, 5.74) is -0.538. The molecule has 0 saturated heterocycles. The Morgan fingerprint density at radius 3 is 2.50 bits per heavy atom. The number of thiophene rings is 1. The lowest BCUT2D eigenvalue weighted by atomic mass is 10.1. The SMILES string of the molecule is C=CCN(C(C)(C)C)S(=O)(=O)c1ccc(C#N)s1. The van der Waals surface area contributed by atoms with Crippen LogP contribution in [0.1, 0.15) is 25.6 Å². The Balaban J connectivity index is 3.26. The number of nitriles is 1. The van der Waals surface area contributed by atoms with E-state index in [0.717, 1.165) is 11.3 Å². The molecular formula is C12H16N2O2S2. The molecule has 1 aromatic heterocycles. The quantitative estimate of drug-likeness (QED) is 0.798. The van der Waals surface area contributed by atoms with Crippen LogP contribution in [0.4, 0.5) is 0 Å². The number of hydrogen-bond acceptors (Lipinski definition) is 4. The zero-order valence-electron chi connectivity index (χ0n) is 10.7. The van der Waals surface area contributed by atoms with Crippen molar-refractivity contribution in [2.24, 2.45) is 0 Å². The average Bonchev–Trinajstić information content (AvgIpc) is 2.73. The summed E-state index contributed by atoms with van der Waals surface area (Å²) in [5.74, 6) is 0. The maximum atomic E-state index is 12.5. The summed E-state index contributed by atoms with van der Waals surface area (Å²) < 4.78 is 26.5. The van der Waals surface area contributed by atoms with Crippen molar-refractivity contribution in [2.45, 2.75) is 30.5 Å². The predicted molar refractivity (Wildman–Crippen MR) is 72.9 cm³/mol. The van der Waals surface area contributed by atoms with Gasteiger partial charge in [0.2, 0.25) is 0 Å². The van der Waals surface area contributed by atoms with Crippen LogP contribution in [0.5, 0.6) is 0 Å². The maximum Gasteiger partial charge on any atom is 0.253 e. The molecule has 1 heterocycles. The number of sulfonamides is 1. The third-order valence-corrected chi connectivity index (χ3v) is 5.87. The molecule has 1 rings (SSSR count). The zero-order chi connectivity index (χ0) is 14.0. The predicted octanol–water partition coefficient (Wildman–Crippen LogP) is 2.59. The summed E-state index contributed by atoms with van der Waals surface area (Å²) in [6, 6.07) is 4.94. The molecule has 0 aromatic carbocycles. The molecule has 0 fully saturated rings. The number of nitrogens with zero attached hydrogens (tertiary/aromatic N) is 2. The van der Waals surface area contributed by atoms with Gasteiger partial charge in [-0.2, -0.15) is 9.57 Å². The van der Waals surface area contributed by atoms with Crippen LogP contribution in [0, 0.1) is 11.3 Å². The highest BCUT2D eigenvalue weighted by Crippen LogP contribution is 2.29. The average molecular weight is 284 g/mol. The summed E-state index contributed by atoms with van der Waals surface area (Å²) in [6.45, 7) is 9.31. The van der Waals surface area contributed by atoms with Crippen molar-refractivity contribution in [3.8, 4) is 6.07 Å². The van der Waals surface area contributed by atoms with Crippen molar-refractivity contribution in [2.75, 3.05) is 6.54 Å². The van der Waals surface area contributed by atoms with E-state index >= 15 is 0 Å². The molecule has 0 aliphatic heterocycles. The first-order valence-electron chi connectivity index (χ1n) is 5.37. The van der Waals surface area contributed by atoms with Crippen molar-refractivity contribution < 1.29 is 8.42 Å². The Morgan fingerprint density at radius 1 is 1.50 bits per heavy atom. The minimum Gasteiger partial charge on any atom is -0.206 e. The van der Waals surface area contributed by atoms with Crippen LogP contribution in [0.3, 0.4) is 0 Å². The van der Waals surface area contributed by atoms with Gasteiger partial charge in [0.25, 0.3) is 10.0 Å². The van der Waals surface area contributed by atoms with Crippen LogP contribution in [-0.2, 0) is 10.0 Å². The van der Waals surface area contributed by atoms with Gasteiger partial charge in [-0.05, 0) is 32.9 Å². The van der Waals surface area contributed by atoms with E-state index in [4.69, 9.17) is 5.26 Å². The largest absolute Gasteiger partial charge is 0.253 e. The molecule has 0 atom stereocenters. The first kappa shape index (κ1) is 14.9. The van der Waals surface area contributed by atoms with Gasteiger partial charge < -0.3 is 0 Å². The standard InChI is InChI=1S/C12H16N2O2S2/c1-5-8-14(12(2,3)4)18(15,16)11-7-6-10(9-13)17-11/h5-7H,1,8H2,2-4H3. The highest BCUT2D eigenvalue weighted by molar-refractivity contribution is 7.91. The molecule has 0 aliphatic carbocycles. The van der Waals surface area contributed by atoms with E-state index in [1.54, 1.807) is 6.08 Å². The van der Waals surface area contributed by atoms with E-state index in [1.165, 1.54) is 16.4 Å². The van der Waals surface area contributed by atoms with Crippen LogP contribution in [0.15, 0.2) is 29.0 Å². The normalized spacial score (nSPS) is 12.4. The molecule has 0 saturated carbocycles. The van der Waals surface area contributed by atoms with Crippen LogP contribution >= 0.6 is 11.3 Å². The van der Waals surface area contributed by atoms with Crippen LogP contribution in [0.2, 0.25) is 0 Å². The Labute approximate surface area is 112 Å². The lowest BCUT2D eigenvalue weighted by Gasteiger charge is -2.33. The summed E-state index contributed by atoms with van der Waals surface area (Å²) in [6.07, 6.45) is 1.56. The summed E-state index contributed by atoms with van der Waals surface area (Å²) in [5, 5.41) is 8.75. The van der Waals surface area contributed by atoms with Gasteiger partial charge in [-0.3, -0.25) is 0 Å². The Kier molecular flexibility index (Phi) is 4.32. The van der Waals surface area contributed by atoms with E-state index in [9.17, 15) is 8.42 Å². The first-order chi connectivity index (χ1) is 8.23. The van der Waals surface area contributed by atoms with Gasteiger partial charge in [0.05, 0.1) is 0 Å². The van der Waals surface area contributed by atoms with Crippen LogP contribution in [0.25, 0.3) is 0 Å². The molecule has 4 nitrogen and oxygen atoms in total. The fourth-order valence-corrected chi connectivity index (χ4v) is 4.45. The highest BCUT2D eigenvalue weighted by Gasteiger charge is 2.33. The Bertz CT molecular complexity index is 574. The first-order valence-corrected chi connectivity index (χ1v) is 7.63. The topological polar surface area (TPSA) is 61.2 Å². The third-order valence-electron chi connectivity index (χ3n) is 2.28. The fourth-order valence-electron chi connectivity index (χ4n) is 1.48. The van der Waals surface area contributed by atoms with Crippen molar-refractivity contribution in [1.82, 2.24) is 4.31 Å². The molecule has 6 heteroatoms. The zero-order valence-corrected chi connectivity index (χ0v) is 12.3. The van der Waals surface area contributed by atoms with Crippen molar-refractivity contribution >= 4 is 21.4 Å². The minimum absolute atomic E-state index is 0.191. The second-order valence-electron chi connectivity index (χ2n) is 4.73. The van der Waals surface area contributed by atoms with Gasteiger partial charge in [0, 0.05) is 12.1 Å². The molecule has 0 N–H and O–H groups in total. The van der Waals surface area contributed by atoms with Crippen LogP contribution < -0.4 is 0 Å². The molecule has 0 amide bonds. The number of rotatable bonds is 4. The maximum absolute atomic E-state index is 12.5. The fraction of sp³-hybridized carbons (Fsp3) is 0.417. The Morgan fingerprint density at radius 2 is 2.11 bits per heavy atom. The van der Waals surface area contributed by atoms with Crippen LogP contribution in [-0.4, -0.2) is 24.8 Å².